The fraction of sp³-hybridized carbons (Fsp3) is 0.923. The smallest absolute Gasteiger partial charge is 0.197 e. The molecule has 124 valence electrons. The molecule has 1 rings (SSSR count). The van der Waals surface area contributed by atoms with Gasteiger partial charge in [-0.2, -0.15) is 5.10 Å². The van der Waals surface area contributed by atoms with Gasteiger partial charge in [0.1, 0.15) is 0 Å². The van der Waals surface area contributed by atoms with E-state index in [0.717, 1.165) is 43.9 Å². The second kappa shape index (κ2) is 9.15. The molecule has 0 aromatic rings. The van der Waals surface area contributed by atoms with E-state index in [1.807, 2.05) is 13.8 Å². The largest absolute Gasteiger partial charge is 0.280 e. The maximum Gasteiger partial charge on any atom is 0.197 e. The zero-order chi connectivity index (χ0) is 15.9. The molecule has 1 aliphatic heterocycles. The summed E-state index contributed by atoms with van der Waals surface area (Å²) in [6, 6.07) is 0. The predicted molar refractivity (Wildman–Crippen MR) is 92.4 cm³/mol. The minimum absolute atomic E-state index is 0.0598. The molecule has 8 heteroatoms. The summed E-state index contributed by atoms with van der Waals surface area (Å²) >= 11 is 1.10. The fourth-order valence-electron chi connectivity index (χ4n) is 2.08. The van der Waals surface area contributed by atoms with Gasteiger partial charge in [-0.05, 0) is 19.3 Å². The Labute approximate surface area is 135 Å². The van der Waals surface area contributed by atoms with Crippen molar-refractivity contribution in [3.63, 3.8) is 0 Å². The lowest BCUT2D eigenvalue weighted by atomic mass is 10.2. The molecule has 3 unspecified atom stereocenters. The number of unbranched alkanes of at least 4 members (excludes halogenated alkanes) is 2. The van der Waals surface area contributed by atoms with E-state index in [2.05, 4.69) is 17.5 Å². The van der Waals surface area contributed by atoms with Gasteiger partial charge in [-0.3, -0.25) is 9.63 Å². The Morgan fingerprint density at radius 3 is 2.57 bits per heavy atom. The van der Waals surface area contributed by atoms with Crippen LogP contribution in [0, 0.1) is 0 Å². The molecule has 0 saturated heterocycles. The number of sulfone groups is 1. The van der Waals surface area contributed by atoms with Gasteiger partial charge >= 0.3 is 0 Å². The highest BCUT2D eigenvalue weighted by Gasteiger charge is 2.35. The first-order chi connectivity index (χ1) is 9.96. The number of thioether (sulfide) groups is 1. The molecule has 1 heterocycles. The number of nitrogens with one attached hydrogen (secondary N) is 1. The van der Waals surface area contributed by atoms with Gasteiger partial charge in [-0.15, -0.1) is 0 Å². The van der Waals surface area contributed by atoms with Crippen LogP contribution in [0.1, 0.15) is 59.3 Å². The van der Waals surface area contributed by atoms with Crippen molar-refractivity contribution < 1.29 is 12.6 Å². The fourth-order valence-corrected chi connectivity index (χ4v) is 7.10. The van der Waals surface area contributed by atoms with E-state index in [0.29, 0.717) is 10.8 Å². The number of rotatable bonds is 9. The first-order valence-corrected chi connectivity index (χ1v) is 11.4. The van der Waals surface area contributed by atoms with Crippen molar-refractivity contribution in [1.82, 2.24) is 5.43 Å². The first-order valence-electron chi connectivity index (χ1n) is 7.58. The molecule has 0 aliphatic carbocycles. The summed E-state index contributed by atoms with van der Waals surface area (Å²) in [5.74, 6) is 0.160. The minimum Gasteiger partial charge on any atom is -0.280 e. The third-order valence-electron chi connectivity index (χ3n) is 3.37. The highest BCUT2D eigenvalue weighted by molar-refractivity contribution is 8.37. The van der Waals surface area contributed by atoms with Gasteiger partial charge in [-0.25, -0.2) is 8.42 Å². The summed E-state index contributed by atoms with van der Waals surface area (Å²) < 4.78 is 36.5. The Bertz CT molecular complexity index is 477. The lowest BCUT2D eigenvalue weighted by Gasteiger charge is -2.13. The van der Waals surface area contributed by atoms with Crippen molar-refractivity contribution >= 4 is 36.8 Å². The van der Waals surface area contributed by atoms with E-state index in [1.54, 1.807) is 0 Å². The van der Waals surface area contributed by atoms with Crippen molar-refractivity contribution in [2.75, 3.05) is 5.75 Å². The van der Waals surface area contributed by atoms with Crippen molar-refractivity contribution in [1.29, 1.82) is 0 Å². The molecule has 3 atom stereocenters. The predicted octanol–water partition coefficient (Wildman–Crippen LogP) is 2.81. The van der Waals surface area contributed by atoms with Gasteiger partial charge in [0.2, 0.25) is 0 Å². The molecule has 0 aromatic carbocycles. The van der Waals surface area contributed by atoms with Crippen molar-refractivity contribution in [2.45, 2.75) is 69.3 Å². The Morgan fingerprint density at radius 2 is 2.00 bits per heavy atom. The van der Waals surface area contributed by atoms with E-state index in [-0.39, 0.29) is 11.0 Å². The van der Waals surface area contributed by atoms with Crippen LogP contribution in [0.3, 0.4) is 0 Å². The Morgan fingerprint density at radius 1 is 1.29 bits per heavy atom. The quantitative estimate of drug-likeness (QED) is 0.644. The van der Waals surface area contributed by atoms with Crippen LogP contribution >= 0.6 is 11.8 Å². The van der Waals surface area contributed by atoms with Gasteiger partial charge in [0.15, 0.2) is 18.9 Å². The van der Waals surface area contributed by atoms with Gasteiger partial charge in [0.25, 0.3) is 0 Å². The molecule has 5 nitrogen and oxygen atoms in total. The van der Waals surface area contributed by atoms with Gasteiger partial charge in [-0.1, -0.05) is 51.8 Å². The Hall–Kier alpha value is -0.0800. The monoisotopic (exact) mass is 354 g/mol. The van der Waals surface area contributed by atoms with Gasteiger partial charge < -0.3 is 0 Å². The number of nitrogens with zero attached hydrogens (tertiary/aromatic N) is 1. The molecule has 0 amide bonds. The van der Waals surface area contributed by atoms with Crippen LogP contribution in [0.2, 0.25) is 0 Å². The molecule has 0 radical (unpaired) electrons. The SMILES string of the molecule is CCCCCS(=O)(=O)C1NN=C(S(=O)C(CC)CCC)S1. The second-order valence-corrected chi connectivity index (χ2v) is 10.7. The third-order valence-corrected chi connectivity index (χ3v) is 9.16. The van der Waals surface area contributed by atoms with E-state index in [4.69, 9.17) is 0 Å². The molecular weight excluding hydrogens is 328 g/mol. The summed E-state index contributed by atoms with van der Waals surface area (Å²) in [7, 11) is -4.45. The maximum absolute atomic E-state index is 12.4. The molecule has 21 heavy (non-hydrogen) atoms. The Balaban J connectivity index is 2.59. The van der Waals surface area contributed by atoms with Crippen LogP contribution in [-0.4, -0.2) is 32.7 Å². The summed E-state index contributed by atoms with van der Waals surface area (Å²) in [5, 5.41) is 4.07. The highest BCUT2D eigenvalue weighted by Crippen LogP contribution is 2.27. The molecule has 0 bridgehead atoms. The lowest BCUT2D eigenvalue weighted by molar-refractivity contribution is 0.580. The van der Waals surface area contributed by atoms with Crippen molar-refractivity contribution in [3.05, 3.63) is 0 Å². The first kappa shape index (κ1) is 19.0. The standard InChI is InChI=1S/C13H26N2O3S3/c1-4-7-8-10-21(17,18)13-15-14-12(19-13)20(16)11(6-3)9-5-2/h11,13,15H,4-10H2,1-3H3. The molecular formula is C13H26N2O3S3. The van der Waals surface area contributed by atoms with Crippen molar-refractivity contribution in [2.24, 2.45) is 5.10 Å². The topological polar surface area (TPSA) is 75.6 Å². The van der Waals surface area contributed by atoms with E-state index in [1.165, 1.54) is 0 Å². The zero-order valence-electron chi connectivity index (χ0n) is 13.0. The summed E-state index contributed by atoms with van der Waals surface area (Å²) in [5.41, 5.74) is 2.65. The van der Waals surface area contributed by atoms with Crippen LogP contribution in [0.25, 0.3) is 0 Å². The molecule has 0 saturated carbocycles. The lowest BCUT2D eigenvalue weighted by Crippen LogP contribution is -2.29. The molecule has 0 fully saturated rings. The molecule has 1 N–H and O–H groups in total. The van der Waals surface area contributed by atoms with Crippen molar-refractivity contribution in [3.8, 4) is 0 Å². The zero-order valence-corrected chi connectivity index (χ0v) is 15.5. The summed E-state index contributed by atoms with van der Waals surface area (Å²) in [4.78, 5) is 0. The Kier molecular flexibility index (Phi) is 8.26. The van der Waals surface area contributed by atoms with Gasteiger partial charge in [0.05, 0.1) is 16.6 Å². The normalized spacial score (nSPS) is 21.7. The second-order valence-electron chi connectivity index (χ2n) is 5.15. The van der Waals surface area contributed by atoms with Crippen LogP contribution in [-0.2, 0) is 20.6 Å². The summed E-state index contributed by atoms with van der Waals surface area (Å²) in [6.07, 6.45) is 5.22. The average molecular weight is 355 g/mol. The number of hydrazone groups is 1. The highest BCUT2D eigenvalue weighted by atomic mass is 32.3. The third kappa shape index (κ3) is 5.56. The maximum atomic E-state index is 12.4. The van der Waals surface area contributed by atoms with Crippen LogP contribution in [0.15, 0.2) is 5.10 Å². The number of hydrogen-bond donors (Lipinski definition) is 1. The van der Waals surface area contributed by atoms with Crippen LogP contribution in [0.5, 0.6) is 0 Å². The molecule has 0 spiro atoms. The van der Waals surface area contributed by atoms with E-state index in [9.17, 15) is 12.6 Å². The van der Waals surface area contributed by atoms with E-state index < -0.39 is 25.3 Å². The van der Waals surface area contributed by atoms with Gasteiger partial charge in [0, 0.05) is 5.25 Å². The molecule has 1 aliphatic rings. The number of hydrogen-bond acceptors (Lipinski definition) is 6. The van der Waals surface area contributed by atoms with Crippen LogP contribution in [0.4, 0.5) is 0 Å². The van der Waals surface area contributed by atoms with E-state index >= 15 is 0 Å². The average Bonchev–Trinajstić information content (AvgIpc) is 2.95. The van der Waals surface area contributed by atoms with Crippen LogP contribution < -0.4 is 5.43 Å². The molecule has 0 aromatic heterocycles. The summed E-state index contributed by atoms with van der Waals surface area (Å²) in [6.45, 7) is 6.10. The minimum atomic E-state index is -3.24.